The molecule has 1 aromatic heterocycles. The van der Waals surface area contributed by atoms with Crippen molar-refractivity contribution >= 4 is 11.9 Å². The van der Waals surface area contributed by atoms with Crippen LogP contribution in [0.25, 0.3) is 0 Å². The Morgan fingerprint density at radius 2 is 2.18 bits per heavy atom. The molecule has 0 aliphatic rings. The van der Waals surface area contributed by atoms with Gasteiger partial charge in [-0.2, -0.15) is 0 Å². The summed E-state index contributed by atoms with van der Waals surface area (Å²) in [4.78, 5) is 27.3. The molecule has 0 radical (unpaired) electrons. The molecule has 0 aliphatic carbocycles. The maximum atomic E-state index is 12.6. The van der Waals surface area contributed by atoms with Crippen LogP contribution in [0.5, 0.6) is 0 Å². The highest BCUT2D eigenvalue weighted by atomic mass is 19.1. The summed E-state index contributed by atoms with van der Waals surface area (Å²) in [5.74, 6) is -2.60. The molecule has 0 spiro atoms. The number of carbonyl (C=O) groups is 2. The number of rotatable bonds is 4. The molecule has 92 valence electrons. The van der Waals surface area contributed by atoms with E-state index in [-0.39, 0.29) is 12.2 Å². The monoisotopic (exact) mass is 240 g/mol. The third-order valence-electron chi connectivity index (χ3n) is 2.26. The maximum Gasteiger partial charge on any atom is 0.308 e. The highest BCUT2D eigenvalue weighted by molar-refractivity contribution is 5.92. The van der Waals surface area contributed by atoms with Crippen molar-refractivity contribution in [3.05, 3.63) is 29.8 Å². The highest BCUT2D eigenvalue weighted by Crippen LogP contribution is 2.05. The van der Waals surface area contributed by atoms with Gasteiger partial charge in [0.25, 0.3) is 5.91 Å². The Balaban J connectivity index is 2.70. The molecule has 0 aromatic carbocycles. The van der Waals surface area contributed by atoms with Gasteiger partial charge in [0.2, 0.25) is 0 Å². The standard InChI is InChI=1S/C11H13FN2O3/c1-7(11(16)17)6-14(2)10(15)9-4-3-8(12)5-13-9/h3-5,7H,6H2,1-2H3,(H,16,17). The van der Waals surface area contributed by atoms with Crippen LogP contribution in [-0.4, -0.2) is 40.5 Å². The Morgan fingerprint density at radius 3 is 2.65 bits per heavy atom. The van der Waals surface area contributed by atoms with E-state index in [1.165, 1.54) is 24.9 Å². The summed E-state index contributed by atoms with van der Waals surface area (Å²) >= 11 is 0. The number of carbonyl (C=O) groups excluding carboxylic acids is 1. The molecule has 5 nitrogen and oxygen atoms in total. The number of carboxylic acids is 1. The zero-order chi connectivity index (χ0) is 13.0. The molecule has 1 amide bonds. The number of nitrogens with zero attached hydrogens (tertiary/aromatic N) is 2. The molecule has 1 aromatic rings. The van der Waals surface area contributed by atoms with Gasteiger partial charge in [0, 0.05) is 13.6 Å². The van der Waals surface area contributed by atoms with Gasteiger partial charge in [-0.15, -0.1) is 0 Å². The SMILES string of the molecule is CC(CN(C)C(=O)c1ccc(F)cn1)C(=O)O. The average molecular weight is 240 g/mol. The van der Waals surface area contributed by atoms with Crippen LogP contribution in [0.4, 0.5) is 4.39 Å². The van der Waals surface area contributed by atoms with Gasteiger partial charge in [0.1, 0.15) is 11.5 Å². The van der Waals surface area contributed by atoms with E-state index in [1.54, 1.807) is 0 Å². The quantitative estimate of drug-likeness (QED) is 0.852. The zero-order valence-electron chi connectivity index (χ0n) is 9.55. The molecular formula is C11H13FN2O3. The fraction of sp³-hybridized carbons (Fsp3) is 0.364. The third-order valence-corrected chi connectivity index (χ3v) is 2.26. The molecule has 1 rings (SSSR count). The van der Waals surface area contributed by atoms with Crippen molar-refractivity contribution in [2.24, 2.45) is 5.92 Å². The van der Waals surface area contributed by atoms with Crippen LogP contribution < -0.4 is 0 Å². The van der Waals surface area contributed by atoms with E-state index in [0.29, 0.717) is 0 Å². The van der Waals surface area contributed by atoms with E-state index in [1.807, 2.05) is 0 Å². The molecule has 0 saturated heterocycles. The minimum absolute atomic E-state index is 0.0766. The van der Waals surface area contributed by atoms with Crippen LogP contribution in [0.1, 0.15) is 17.4 Å². The van der Waals surface area contributed by atoms with Gasteiger partial charge >= 0.3 is 5.97 Å². The van der Waals surface area contributed by atoms with Crippen molar-refractivity contribution in [2.45, 2.75) is 6.92 Å². The second-order valence-corrected chi connectivity index (χ2v) is 3.79. The van der Waals surface area contributed by atoms with Crippen LogP contribution in [0.3, 0.4) is 0 Å². The van der Waals surface area contributed by atoms with E-state index in [9.17, 15) is 14.0 Å². The third kappa shape index (κ3) is 3.51. The minimum Gasteiger partial charge on any atom is -0.481 e. The van der Waals surface area contributed by atoms with Crippen molar-refractivity contribution in [2.75, 3.05) is 13.6 Å². The van der Waals surface area contributed by atoms with Crippen LogP contribution >= 0.6 is 0 Å². The Hall–Kier alpha value is -1.98. The smallest absolute Gasteiger partial charge is 0.308 e. The zero-order valence-corrected chi connectivity index (χ0v) is 9.55. The van der Waals surface area contributed by atoms with Gasteiger partial charge in [0.05, 0.1) is 12.1 Å². The molecule has 0 aliphatic heterocycles. The topological polar surface area (TPSA) is 70.5 Å². The molecule has 17 heavy (non-hydrogen) atoms. The summed E-state index contributed by atoms with van der Waals surface area (Å²) in [6.45, 7) is 1.58. The number of hydrogen-bond acceptors (Lipinski definition) is 3. The number of aromatic nitrogens is 1. The molecule has 0 saturated carbocycles. The van der Waals surface area contributed by atoms with Gasteiger partial charge in [-0.3, -0.25) is 9.59 Å². The van der Waals surface area contributed by atoms with Gasteiger partial charge in [0.15, 0.2) is 0 Å². The predicted molar refractivity (Wildman–Crippen MR) is 58.0 cm³/mol. The molecule has 0 fully saturated rings. The fourth-order valence-electron chi connectivity index (χ4n) is 1.27. The molecule has 1 unspecified atom stereocenters. The number of carboxylic acid groups (broad SMARTS) is 1. The van der Waals surface area contributed by atoms with E-state index < -0.39 is 23.6 Å². The first-order valence-corrected chi connectivity index (χ1v) is 5.01. The molecule has 1 N–H and O–H groups in total. The summed E-state index contributed by atoms with van der Waals surface area (Å²) in [6, 6.07) is 2.40. The molecule has 0 bridgehead atoms. The van der Waals surface area contributed by atoms with Crippen molar-refractivity contribution in [3.8, 4) is 0 Å². The van der Waals surface area contributed by atoms with E-state index >= 15 is 0 Å². The lowest BCUT2D eigenvalue weighted by atomic mass is 10.1. The van der Waals surface area contributed by atoms with E-state index in [4.69, 9.17) is 5.11 Å². The number of pyridine rings is 1. The van der Waals surface area contributed by atoms with Gasteiger partial charge < -0.3 is 10.0 Å². The summed E-state index contributed by atoms with van der Waals surface area (Å²) in [5, 5.41) is 8.72. The second-order valence-electron chi connectivity index (χ2n) is 3.79. The largest absolute Gasteiger partial charge is 0.481 e. The van der Waals surface area contributed by atoms with Crippen LogP contribution in [0, 0.1) is 11.7 Å². The van der Waals surface area contributed by atoms with Crippen LogP contribution in [0.2, 0.25) is 0 Å². The first-order chi connectivity index (χ1) is 7.91. The lowest BCUT2D eigenvalue weighted by Crippen LogP contribution is -2.34. The summed E-state index contributed by atoms with van der Waals surface area (Å²) in [6.07, 6.45) is 0.946. The van der Waals surface area contributed by atoms with Gasteiger partial charge in [-0.25, -0.2) is 9.37 Å². The van der Waals surface area contributed by atoms with Crippen molar-refractivity contribution in [1.82, 2.24) is 9.88 Å². The molecular weight excluding hydrogens is 227 g/mol. The number of amides is 1. The molecule has 1 atom stereocenters. The summed E-state index contributed by atoms with van der Waals surface area (Å²) in [5.41, 5.74) is 0.0893. The summed E-state index contributed by atoms with van der Waals surface area (Å²) in [7, 11) is 1.48. The van der Waals surface area contributed by atoms with Gasteiger partial charge in [-0.1, -0.05) is 6.92 Å². The lowest BCUT2D eigenvalue weighted by Gasteiger charge is -2.18. The average Bonchev–Trinajstić information content (AvgIpc) is 2.28. The maximum absolute atomic E-state index is 12.6. The highest BCUT2D eigenvalue weighted by Gasteiger charge is 2.19. The van der Waals surface area contributed by atoms with Gasteiger partial charge in [-0.05, 0) is 12.1 Å². The summed E-state index contributed by atoms with van der Waals surface area (Å²) < 4.78 is 12.6. The normalized spacial score (nSPS) is 11.9. The first kappa shape index (κ1) is 13.1. The van der Waals surface area contributed by atoms with Crippen molar-refractivity contribution in [3.63, 3.8) is 0 Å². The molecule has 1 heterocycles. The van der Waals surface area contributed by atoms with Crippen molar-refractivity contribution < 1.29 is 19.1 Å². The van der Waals surface area contributed by atoms with Crippen LogP contribution in [-0.2, 0) is 4.79 Å². The van der Waals surface area contributed by atoms with E-state index in [2.05, 4.69) is 4.98 Å². The fourth-order valence-corrected chi connectivity index (χ4v) is 1.27. The number of hydrogen-bond donors (Lipinski definition) is 1. The Bertz CT molecular complexity index is 419. The molecule has 6 heteroatoms. The lowest BCUT2D eigenvalue weighted by molar-refractivity contribution is -0.141. The predicted octanol–water partition coefficient (Wildman–Crippen LogP) is 1.01. The van der Waals surface area contributed by atoms with Crippen LogP contribution in [0.15, 0.2) is 18.3 Å². The number of halogens is 1. The Labute approximate surface area is 97.9 Å². The minimum atomic E-state index is -0.975. The Kier molecular flexibility index (Phi) is 4.14. The first-order valence-electron chi connectivity index (χ1n) is 5.01. The van der Waals surface area contributed by atoms with Crippen molar-refractivity contribution in [1.29, 1.82) is 0 Å². The number of aliphatic carboxylic acids is 1. The van der Waals surface area contributed by atoms with E-state index in [0.717, 1.165) is 12.3 Å². The second kappa shape index (κ2) is 5.38. The Morgan fingerprint density at radius 1 is 1.53 bits per heavy atom.